The Bertz CT molecular complexity index is 634. The van der Waals surface area contributed by atoms with Gasteiger partial charge in [-0.3, -0.25) is 14.9 Å². The van der Waals surface area contributed by atoms with Crippen LogP contribution < -0.4 is 11.0 Å². The van der Waals surface area contributed by atoms with Gasteiger partial charge in [0.05, 0.1) is 5.69 Å². The molecule has 2 aromatic rings. The molecule has 0 aliphatic heterocycles. The lowest BCUT2D eigenvalue weighted by Gasteiger charge is -2.05. The zero-order valence-corrected chi connectivity index (χ0v) is 12.2. The van der Waals surface area contributed by atoms with Gasteiger partial charge in [0.2, 0.25) is 5.91 Å². The topological polar surface area (TPSA) is 119 Å². The first-order chi connectivity index (χ1) is 10.1. The largest absolute Gasteiger partial charge is 0.356 e. The van der Waals surface area contributed by atoms with Crippen molar-refractivity contribution in [3.05, 3.63) is 33.3 Å². The molecule has 2 aromatic heterocycles. The number of carbonyl (C=O) groups is 1. The number of H-pyrrole nitrogens is 3. The second-order valence-electron chi connectivity index (χ2n) is 4.99. The van der Waals surface area contributed by atoms with Crippen molar-refractivity contribution in [3.8, 4) is 0 Å². The highest BCUT2D eigenvalue weighted by Crippen LogP contribution is 2.11. The summed E-state index contributed by atoms with van der Waals surface area (Å²) >= 11 is 0. The molecule has 0 aromatic carbocycles. The van der Waals surface area contributed by atoms with Gasteiger partial charge in [0.15, 0.2) is 0 Å². The van der Waals surface area contributed by atoms with Gasteiger partial charge in [-0.1, -0.05) is 0 Å². The van der Waals surface area contributed by atoms with Crippen LogP contribution >= 0.6 is 0 Å². The highest BCUT2D eigenvalue weighted by Gasteiger charge is 2.07. The van der Waals surface area contributed by atoms with E-state index >= 15 is 0 Å². The van der Waals surface area contributed by atoms with E-state index in [0.717, 1.165) is 24.2 Å². The van der Waals surface area contributed by atoms with Crippen molar-refractivity contribution in [2.75, 3.05) is 6.54 Å². The minimum absolute atomic E-state index is 0.0421. The molecule has 0 aliphatic carbocycles. The summed E-state index contributed by atoms with van der Waals surface area (Å²) in [7, 11) is 0. The number of nitrogens with zero attached hydrogens (tertiary/aromatic N) is 2. The van der Waals surface area contributed by atoms with Crippen LogP contribution in [0.4, 0.5) is 0 Å². The third-order valence-electron chi connectivity index (χ3n) is 3.35. The molecule has 0 unspecified atom stereocenters. The zero-order valence-electron chi connectivity index (χ0n) is 12.2. The van der Waals surface area contributed by atoms with Crippen LogP contribution in [0.5, 0.6) is 0 Å². The summed E-state index contributed by atoms with van der Waals surface area (Å²) in [4.78, 5) is 25.0. The number of amides is 1. The van der Waals surface area contributed by atoms with E-state index in [1.807, 2.05) is 13.8 Å². The van der Waals surface area contributed by atoms with Crippen molar-refractivity contribution in [3.63, 3.8) is 0 Å². The first kappa shape index (κ1) is 15.0. The van der Waals surface area contributed by atoms with Crippen LogP contribution in [0.25, 0.3) is 0 Å². The molecule has 21 heavy (non-hydrogen) atoms. The van der Waals surface area contributed by atoms with E-state index in [0.29, 0.717) is 25.2 Å². The number of aromatic amines is 3. The van der Waals surface area contributed by atoms with E-state index in [2.05, 4.69) is 30.7 Å². The first-order valence-electron chi connectivity index (χ1n) is 6.97. The first-order valence-corrected chi connectivity index (χ1v) is 6.97. The van der Waals surface area contributed by atoms with Gasteiger partial charge < -0.3 is 5.32 Å². The summed E-state index contributed by atoms with van der Waals surface area (Å²) in [6.45, 7) is 4.60. The van der Waals surface area contributed by atoms with Gasteiger partial charge in [0.25, 0.3) is 0 Å². The number of aryl methyl sites for hydroxylation is 3. The van der Waals surface area contributed by atoms with Crippen LogP contribution in [0.3, 0.4) is 0 Å². The molecule has 1 amide bonds. The molecule has 0 saturated carbocycles. The summed E-state index contributed by atoms with van der Waals surface area (Å²) in [5, 5.41) is 16.0. The number of hydrogen-bond donors (Lipinski definition) is 4. The maximum Gasteiger partial charge on any atom is 0.340 e. The van der Waals surface area contributed by atoms with Crippen LogP contribution in [0.2, 0.25) is 0 Å². The van der Waals surface area contributed by atoms with Crippen molar-refractivity contribution >= 4 is 5.91 Å². The van der Waals surface area contributed by atoms with Gasteiger partial charge >= 0.3 is 5.69 Å². The highest BCUT2D eigenvalue weighted by molar-refractivity contribution is 5.75. The third kappa shape index (κ3) is 4.30. The fourth-order valence-electron chi connectivity index (χ4n) is 2.18. The maximum atomic E-state index is 11.7. The van der Waals surface area contributed by atoms with Crippen LogP contribution in [-0.2, 0) is 17.6 Å². The zero-order chi connectivity index (χ0) is 15.2. The number of aromatic nitrogens is 5. The second-order valence-corrected chi connectivity index (χ2v) is 4.99. The van der Waals surface area contributed by atoms with Gasteiger partial charge in [-0.25, -0.2) is 9.89 Å². The van der Waals surface area contributed by atoms with Crippen molar-refractivity contribution in [2.24, 2.45) is 0 Å². The Morgan fingerprint density at radius 3 is 2.62 bits per heavy atom. The fourth-order valence-corrected chi connectivity index (χ4v) is 2.18. The summed E-state index contributed by atoms with van der Waals surface area (Å²) in [6.07, 6.45) is 2.49. The van der Waals surface area contributed by atoms with Gasteiger partial charge in [-0.05, 0) is 32.3 Å². The monoisotopic (exact) mass is 292 g/mol. The molecular formula is C13H20N6O2. The molecule has 2 heterocycles. The van der Waals surface area contributed by atoms with Crippen LogP contribution in [0, 0.1) is 13.8 Å². The molecule has 0 atom stereocenters. The minimum Gasteiger partial charge on any atom is -0.356 e. The van der Waals surface area contributed by atoms with Crippen molar-refractivity contribution in [2.45, 2.75) is 39.5 Å². The third-order valence-corrected chi connectivity index (χ3v) is 3.35. The van der Waals surface area contributed by atoms with Crippen LogP contribution in [-0.4, -0.2) is 37.8 Å². The Kier molecular flexibility index (Phi) is 4.91. The van der Waals surface area contributed by atoms with Gasteiger partial charge in [0, 0.05) is 25.1 Å². The van der Waals surface area contributed by atoms with Gasteiger partial charge in [0.1, 0.15) is 5.82 Å². The molecule has 0 saturated heterocycles. The standard InChI is InChI=1S/C13H20N6O2/c1-8-10(9(2)17-16-8)4-3-7-14-12(20)6-5-11-15-13(21)19-18-11/h3-7H2,1-2H3,(H,14,20)(H,16,17)(H2,15,18,19,21). The van der Waals surface area contributed by atoms with E-state index in [1.54, 1.807) is 0 Å². The fraction of sp³-hybridized carbons (Fsp3) is 0.538. The average Bonchev–Trinajstić information content (AvgIpc) is 3.00. The normalized spacial score (nSPS) is 10.8. The molecule has 4 N–H and O–H groups in total. The lowest BCUT2D eigenvalue weighted by atomic mass is 10.1. The summed E-state index contributed by atoms with van der Waals surface area (Å²) in [5.74, 6) is 0.458. The molecule has 0 radical (unpaired) electrons. The molecule has 8 nitrogen and oxygen atoms in total. The lowest BCUT2D eigenvalue weighted by molar-refractivity contribution is -0.121. The Balaban J connectivity index is 1.64. The van der Waals surface area contributed by atoms with E-state index < -0.39 is 0 Å². The molecule has 0 fully saturated rings. The maximum absolute atomic E-state index is 11.7. The predicted molar refractivity (Wildman–Crippen MR) is 76.9 cm³/mol. The van der Waals surface area contributed by atoms with E-state index in [4.69, 9.17) is 0 Å². The second kappa shape index (κ2) is 6.87. The Labute approximate surface area is 121 Å². The number of nitrogens with one attached hydrogen (secondary N) is 4. The van der Waals surface area contributed by atoms with Crippen molar-refractivity contribution in [1.82, 2.24) is 30.7 Å². The highest BCUT2D eigenvalue weighted by atomic mass is 16.2. The lowest BCUT2D eigenvalue weighted by Crippen LogP contribution is -2.25. The number of carbonyl (C=O) groups excluding carboxylic acids is 1. The van der Waals surface area contributed by atoms with Crippen LogP contribution in [0.1, 0.15) is 35.6 Å². The number of rotatable bonds is 7. The molecule has 8 heteroatoms. The molecule has 114 valence electrons. The summed E-state index contributed by atoms with van der Waals surface area (Å²) in [6, 6.07) is 0. The smallest absolute Gasteiger partial charge is 0.340 e. The molecule has 0 aliphatic rings. The summed E-state index contributed by atoms with van der Waals surface area (Å²) in [5.41, 5.74) is 2.97. The molecule has 2 rings (SSSR count). The van der Waals surface area contributed by atoms with E-state index in [-0.39, 0.29) is 11.6 Å². The van der Waals surface area contributed by atoms with Crippen molar-refractivity contribution < 1.29 is 4.79 Å². The minimum atomic E-state index is -0.351. The van der Waals surface area contributed by atoms with Gasteiger partial charge in [-0.15, -0.1) is 0 Å². The number of hydrogen-bond acceptors (Lipinski definition) is 4. The summed E-state index contributed by atoms with van der Waals surface area (Å²) < 4.78 is 0. The SMILES string of the molecule is Cc1n[nH]c(C)c1CCCNC(=O)CCc1n[nH]c(=O)[nH]1. The Morgan fingerprint density at radius 2 is 2.00 bits per heavy atom. The molecule has 0 bridgehead atoms. The van der Waals surface area contributed by atoms with E-state index in [1.165, 1.54) is 5.56 Å². The van der Waals surface area contributed by atoms with Gasteiger partial charge in [-0.2, -0.15) is 10.2 Å². The van der Waals surface area contributed by atoms with Crippen molar-refractivity contribution in [1.29, 1.82) is 0 Å². The quantitative estimate of drug-likeness (QED) is 0.542. The Morgan fingerprint density at radius 1 is 1.19 bits per heavy atom. The van der Waals surface area contributed by atoms with E-state index in [9.17, 15) is 9.59 Å². The molecular weight excluding hydrogens is 272 g/mol. The average molecular weight is 292 g/mol. The molecule has 0 spiro atoms. The van der Waals surface area contributed by atoms with Crippen LogP contribution in [0.15, 0.2) is 4.79 Å². The predicted octanol–water partition coefficient (Wildman–Crippen LogP) is 0.120. The Hall–Kier alpha value is -2.38.